The number of aromatic nitrogens is 5. The van der Waals surface area contributed by atoms with Gasteiger partial charge in [-0.15, -0.1) is 0 Å². The van der Waals surface area contributed by atoms with E-state index in [1.165, 1.54) is 6.42 Å². The fourth-order valence-corrected chi connectivity index (χ4v) is 9.63. The molecule has 1 unspecified atom stereocenters. The number of hydrogen-bond acceptors (Lipinski definition) is 10. The quantitative estimate of drug-likeness (QED) is 0.127. The van der Waals surface area contributed by atoms with Crippen LogP contribution >= 0.6 is 15.9 Å². The summed E-state index contributed by atoms with van der Waals surface area (Å²) in [6, 6.07) is 15.3. The largest absolute Gasteiger partial charge is 0.497 e. The number of amides is 2. The second-order valence-corrected chi connectivity index (χ2v) is 17.7. The number of aryl methyl sites for hydroxylation is 2. The van der Waals surface area contributed by atoms with Crippen LogP contribution in [0.2, 0.25) is 0 Å². The zero-order valence-electron chi connectivity index (χ0n) is 33.7. The molecule has 5 aromatic rings. The van der Waals surface area contributed by atoms with Gasteiger partial charge in [0.15, 0.2) is 17.4 Å². The van der Waals surface area contributed by atoms with E-state index in [2.05, 4.69) is 46.5 Å². The van der Waals surface area contributed by atoms with Crippen molar-refractivity contribution in [1.82, 2.24) is 35.6 Å². The average molecular weight is 873 g/mol. The molecule has 3 aromatic heterocycles. The van der Waals surface area contributed by atoms with Gasteiger partial charge in [0.25, 0.3) is 5.91 Å². The minimum atomic E-state index is -0.136. The number of carbonyl (C=O) groups excluding carboxylic acids is 4. The van der Waals surface area contributed by atoms with Gasteiger partial charge in [0.1, 0.15) is 23.0 Å². The summed E-state index contributed by atoms with van der Waals surface area (Å²) < 4.78 is 10.5. The van der Waals surface area contributed by atoms with E-state index in [9.17, 15) is 19.2 Å². The van der Waals surface area contributed by atoms with Crippen molar-refractivity contribution in [2.45, 2.75) is 99.4 Å². The Kier molecular flexibility index (Phi) is 10.6. The van der Waals surface area contributed by atoms with E-state index in [1.54, 1.807) is 20.4 Å². The van der Waals surface area contributed by atoms with Gasteiger partial charge in [-0.1, -0.05) is 40.2 Å². The third-order valence-electron chi connectivity index (χ3n) is 12.7. The second kappa shape index (κ2) is 16.0. The maximum absolute atomic E-state index is 12.9. The normalized spacial score (nSPS) is 19.9. The van der Waals surface area contributed by atoms with Crippen LogP contribution < -0.4 is 20.1 Å². The number of hydrogen-bond donors (Lipinski definition) is 3. The van der Waals surface area contributed by atoms with Gasteiger partial charge in [-0.2, -0.15) is 0 Å². The zero-order valence-corrected chi connectivity index (χ0v) is 35.2. The van der Waals surface area contributed by atoms with Crippen LogP contribution in [0.5, 0.6) is 11.5 Å². The molecular formula is C46H46BrN7O6. The lowest BCUT2D eigenvalue weighted by molar-refractivity contribution is -0.136. The summed E-state index contributed by atoms with van der Waals surface area (Å²) in [5, 5.41) is 6.19. The van der Waals surface area contributed by atoms with Crippen molar-refractivity contribution >= 4 is 39.3 Å². The van der Waals surface area contributed by atoms with Gasteiger partial charge in [-0.25, -0.2) is 19.9 Å². The fourth-order valence-electron chi connectivity index (χ4n) is 9.19. The van der Waals surface area contributed by atoms with Crippen molar-refractivity contribution in [2.24, 2.45) is 0 Å². The summed E-state index contributed by atoms with van der Waals surface area (Å²) in [7, 11) is 3.27. The van der Waals surface area contributed by atoms with Crippen LogP contribution in [-0.2, 0) is 35.3 Å². The number of carbonyl (C=O) groups is 4. The summed E-state index contributed by atoms with van der Waals surface area (Å²) in [6.07, 6.45) is 15.0. The molecule has 3 fully saturated rings. The minimum Gasteiger partial charge on any atom is -0.497 e. The summed E-state index contributed by atoms with van der Waals surface area (Å²) in [5.41, 5.74) is 9.16. The van der Waals surface area contributed by atoms with Crippen molar-refractivity contribution in [2.75, 3.05) is 14.2 Å². The molecule has 1 saturated heterocycles. The number of ether oxygens (including phenoxy) is 2. The number of piperidine rings is 1. The molecular weight excluding hydrogens is 826 g/mol. The third-order valence-corrected chi connectivity index (χ3v) is 13.5. The highest BCUT2D eigenvalue weighted by molar-refractivity contribution is 9.10. The van der Waals surface area contributed by atoms with Gasteiger partial charge in [-0.3, -0.25) is 19.2 Å². The van der Waals surface area contributed by atoms with Crippen LogP contribution in [0.15, 0.2) is 60.9 Å². The van der Waals surface area contributed by atoms with Crippen LogP contribution in [0.25, 0.3) is 34.2 Å². The van der Waals surface area contributed by atoms with Crippen molar-refractivity contribution < 1.29 is 28.7 Å². The lowest BCUT2D eigenvalue weighted by Crippen LogP contribution is -2.58. The Morgan fingerprint density at radius 3 is 1.92 bits per heavy atom. The molecule has 0 bridgehead atoms. The molecule has 1 atom stereocenters. The predicted molar refractivity (Wildman–Crippen MR) is 227 cm³/mol. The lowest BCUT2D eigenvalue weighted by atomic mass is 9.71. The number of fused-ring (bicyclic) bond motifs is 6. The molecule has 2 saturated carbocycles. The molecule has 2 aromatic carbocycles. The highest BCUT2D eigenvalue weighted by Gasteiger charge is 2.45. The van der Waals surface area contributed by atoms with E-state index in [0.717, 1.165) is 126 Å². The van der Waals surface area contributed by atoms with Gasteiger partial charge in [0.05, 0.1) is 42.4 Å². The Bertz CT molecular complexity index is 2530. The summed E-state index contributed by atoms with van der Waals surface area (Å²) in [6.45, 7) is 0. The van der Waals surface area contributed by atoms with Crippen molar-refractivity contribution in [3.05, 3.63) is 94.6 Å². The Morgan fingerprint density at radius 1 is 0.733 bits per heavy atom. The van der Waals surface area contributed by atoms with Crippen LogP contribution in [0.3, 0.4) is 0 Å². The lowest BCUT2D eigenvalue weighted by Gasteiger charge is -2.45. The first-order valence-electron chi connectivity index (χ1n) is 20.6. The van der Waals surface area contributed by atoms with E-state index in [0.29, 0.717) is 23.8 Å². The number of Topliss-reactive ketones (excluding diaryl/α,β-unsaturated/α-hetero) is 2. The van der Waals surface area contributed by atoms with Crippen molar-refractivity contribution in [3.63, 3.8) is 0 Å². The number of methoxy groups -OCH3 is 2. The number of benzene rings is 2. The van der Waals surface area contributed by atoms with Gasteiger partial charge >= 0.3 is 0 Å². The molecule has 4 aliphatic carbocycles. The molecule has 5 heterocycles. The Balaban J connectivity index is 0.000000129. The molecule has 2 spiro atoms. The first kappa shape index (κ1) is 39.7. The Morgan fingerprint density at radius 2 is 1.33 bits per heavy atom. The minimum absolute atomic E-state index is 0.0300. The Labute approximate surface area is 356 Å². The maximum Gasteiger partial charge on any atom is 0.253 e. The van der Waals surface area contributed by atoms with Crippen LogP contribution in [0.1, 0.15) is 101 Å². The van der Waals surface area contributed by atoms with Crippen LogP contribution in [0.4, 0.5) is 0 Å². The van der Waals surface area contributed by atoms with Gasteiger partial charge in [-0.05, 0) is 105 Å². The molecule has 0 radical (unpaired) electrons. The van der Waals surface area contributed by atoms with E-state index < -0.39 is 0 Å². The Hall–Kier alpha value is -5.76. The number of halogens is 1. The molecule has 6 aliphatic rings. The van der Waals surface area contributed by atoms with E-state index in [4.69, 9.17) is 14.5 Å². The number of alkyl halides is 1. The predicted octanol–water partition coefficient (Wildman–Crippen LogP) is 6.89. The molecule has 2 aliphatic heterocycles. The SMILES string of the molecule is COc1cccc(-c2ncc3c(n2)-c2[nH]c4c(c2CC3)C(=O)NC2(CCC2)C4)c1.COc1cccc(-c2ncc3c(n2)C(=O)C(Br)CC3)c1.O=C1CC(=O)NC2(CCC2)C1. The summed E-state index contributed by atoms with van der Waals surface area (Å²) in [5.74, 6) is 2.89. The number of nitrogens with zero attached hydrogens (tertiary/aromatic N) is 4. The molecule has 308 valence electrons. The number of rotatable bonds is 4. The molecule has 60 heavy (non-hydrogen) atoms. The highest BCUT2D eigenvalue weighted by Crippen LogP contribution is 2.43. The monoisotopic (exact) mass is 871 g/mol. The van der Waals surface area contributed by atoms with Crippen molar-refractivity contribution in [1.29, 1.82) is 0 Å². The van der Waals surface area contributed by atoms with Gasteiger partial charge in [0.2, 0.25) is 5.91 Å². The average Bonchev–Trinajstić information content (AvgIpc) is 3.63. The van der Waals surface area contributed by atoms with Crippen LogP contribution in [0, 0.1) is 0 Å². The summed E-state index contributed by atoms with van der Waals surface area (Å²) >= 11 is 3.40. The molecule has 2 amide bonds. The first-order valence-corrected chi connectivity index (χ1v) is 21.5. The van der Waals surface area contributed by atoms with E-state index in [1.807, 2.05) is 54.7 Å². The topological polar surface area (TPSA) is 178 Å². The molecule has 11 rings (SSSR count). The number of ketones is 2. The number of nitrogens with one attached hydrogen (secondary N) is 3. The smallest absolute Gasteiger partial charge is 0.253 e. The second-order valence-electron chi connectivity index (χ2n) is 16.6. The van der Waals surface area contributed by atoms with Gasteiger partial charge < -0.3 is 25.1 Å². The number of aromatic amines is 1. The fraction of sp³-hybridized carbons (Fsp3) is 0.391. The first-order chi connectivity index (χ1) is 29.0. The van der Waals surface area contributed by atoms with Crippen LogP contribution in [-0.4, -0.2) is 78.4 Å². The van der Waals surface area contributed by atoms with Crippen molar-refractivity contribution in [3.8, 4) is 45.7 Å². The number of H-pyrrole nitrogens is 1. The third kappa shape index (κ3) is 7.61. The van der Waals surface area contributed by atoms with E-state index in [-0.39, 0.29) is 45.7 Å². The van der Waals surface area contributed by atoms with E-state index >= 15 is 0 Å². The maximum atomic E-state index is 12.9. The standard InChI is InChI=1S/C23H22N4O2.C15H13BrN2O2.C8H11NO2/c1-29-15-5-2-4-13(10-15)21-24-12-14-6-7-16-18-17(25-20(16)19(14)26-21)11-23(8-3-9-23)27-22(18)28;1-20-11-4-2-3-9(7-11)15-17-8-10-5-6-12(16)14(19)13(10)18-15;10-6-4-7(11)9-8(5-6)2-1-3-8/h2,4-5,10,12,25H,3,6-9,11H2,1H3,(H,27,28);2-4,7-8,12H,5-6H2,1H3;1-5H2,(H,9,11). The molecule has 3 N–H and O–H groups in total. The zero-order chi connectivity index (χ0) is 41.6. The highest BCUT2D eigenvalue weighted by atomic mass is 79.9. The molecule has 13 nitrogen and oxygen atoms in total. The molecule has 14 heteroatoms. The summed E-state index contributed by atoms with van der Waals surface area (Å²) in [4.78, 5) is 68.8. The van der Waals surface area contributed by atoms with Gasteiger partial charge in [0, 0.05) is 53.1 Å².